The Hall–Kier alpha value is -2.35. The molecule has 152 valence electrons. The highest BCUT2D eigenvalue weighted by Gasteiger charge is 2.27. The van der Waals surface area contributed by atoms with Crippen molar-refractivity contribution >= 4 is 29.1 Å². The second kappa shape index (κ2) is 8.98. The standard InChI is InChI=1S/C20H20Cl2N4O3/c21-14-5-6-16(17(22)9-14)19-24-18(29-25-19)12-26-7-1-3-13(11-26)20(27)23-10-15-4-2-8-28-15/h2,4-6,8-9,13H,1,3,7,10-12H2,(H,23,27). The average Bonchev–Trinajstić information content (AvgIpc) is 3.38. The Kier molecular flexibility index (Phi) is 6.18. The molecule has 7 nitrogen and oxygen atoms in total. The van der Waals surface area contributed by atoms with E-state index in [0.29, 0.717) is 47.0 Å². The largest absolute Gasteiger partial charge is 0.467 e. The van der Waals surface area contributed by atoms with Crippen molar-refractivity contribution in [3.05, 3.63) is 58.3 Å². The first-order valence-electron chi connectivity index (χ1n) is 9.39. The first-order chi connectivity index (χ1) is 14.1. The second-order valence-corrected chi connectivity index (χ2v) is 7.85. The lowest BCUT2D eigenvalue weighted by molar-refractivity contribution is -0.127. The SMILES string of the molecule is O=C(NCc1ccco1)C1CCCN(Cc2nc(-c3ccc(Cl)cc3Cl)no2)C1. The van der Waals surface area contributed by atoms with Gasteiger partial charge in [-0.05, 0) is 49.7 Å². The number of nitrogens with zero attached hydrogens (tertiary/aromatic N) is 3. The summed E-state index contributed by atoms with van der Waals surface area (Å²) in [5.41, 5.74) is 0.667. The maximum Gasteiger partial charge on any atom is 0.241 e. The molecule has 3 aromatic rings. The normalized spacial score (nSPS) is 17.4. The molecule has 9 heteroatoms. The quantitative estimate of drug-likeness (QED) is 0.626. The molecule has 0 bridgehead atoms. The van der Waals surface area contributed by atoms with Gasteiger partial charge in [0.2, 0.25) is 17.6 Å². The van der Waals surface area contributed by atoms with Crippen LogP contribution in [0.15, 0.2) is 45.5 Å². The minimum absolute atomic E-state index is 0.0327. The minimum Gasteiger partial charge on any atom is -0.467 e. The number of amides is 1. The lowest BCUT2D eigenvalue weighted by Gasteiger charge is -2.30. The highest BCUT2D eigenvalue weighted by Crippen LogP contribution is 2.28. The number of piperidine rings is 1. The lowest BCUT2D eigenvalue weighted by Crippen LogP contribution is -2.42. The van der Waals surface area contributed by atoms with Gasteiger partial charge in [-0.3, -0.25) is 9.69 Å². The number of hydrogen-bond donors (Lipinski definition) is 1. The molecule has 2 aromatic heterocycles. The maximum absolute atomic E-state index is 12.5. The van der Waals surface area contributed by atoms with Gasteiger partial charge in [-0.2, -0.15) is 4.98 Å². The van der Waals surface area contributed by atoms with Crippen LogP contribution in [0.4, 0.5) is 0 Å². The van der Waals surface area contributed by atoms with E-state index in [1.165, 1.54) is 0 Å². The topological polar surface area (TPSA) is 84.4 Å². The maximum atomic E-state index is 12.5. The zero-order valence-electron chi connectivity index (χ0n) is 15.6. The van der Waals surface area contributed by atoms with Crippen molar-refractivity contribution in [3.63, 3.8) is 0 Å². The van der Waals surface area contributed by atoms with Crippen molar-refractivity contribution in [2.45, 2.75) is 25.9 Å². The van der Waals surface area contributed by atoms with Crippen LogP contribution in [0.25, 0.3) is 11.4 Å². The average molecular weight is 435 g/mol. The molecule has 0 spiro atoms. The number of furan rings is 1. The third kappa shape index (κ3) is 4.98. The minimum atomic E-state index is -0.0770. The van der Waals surface area contributed by atoms with E-state index in [1.807, 2.05) is 6.07 Å². The summed E-state index contributed by atoms with van der Waals surface area (Å²) in [5, 5.41) is 7.98. The summed E-state index contributed by atoms with van der Waals surface area (Å²) in [7, 11) is 0. The highest BCUT2D eigenvalue weighted by atomic mass is 35.5. The summed E-state index contributed by atoms with van der Waals surface area (Å²) in [6.07, 6.45) is 3.39. The molecule has 4 rings (SSSR count). The molecule has 1 saturated heterocycles. The van der Waals surface area contributed by atoms with Gasteiger partial charge in [-0.1, -0.05) is 28.4 Å². The molecule has 0 saturated carbocycles. The number of benzene rings is 1. The van der Waals surface area contributed by atoms with Crippen LogP contribution >= 0.6 is 23.2 Å². The van der Waals surface area contributed by atoms with Gasteiger partial charge < -0.3 is 14.3 Å². The van der Waals surface area contributed by atoms with Crippen molar-refractivity contribution in [2.24, 2.45) is 5.92 Å². The van der Waals surface area contributed by atoms with Crippen LogP contribution in [-0.2, 0) is 17.9 Å². The zero-order valence-corrected chi connectivity index (χ0v) is 17.1. The van der Waals surface area contributed by atoms with E-state index in [4.69, 9.17) is 32.1 Å². The fourth-order valence-corrected chi connectivity index (χ4v) is 3.93. The molecule has 1 unspecified atom stereocenters. The summed E-state index contributed by atoms with van der Waals surface area (Å²) in [5.74, 6) is 1.61. The Balaban J connectivity index is 1.34. The molecular weight excluding hydrogens is 415 g/mol. The molecule has 3 heterocycles. The Morgan fingerprint density at radius 2 is 2.21 bits per heavy atom. The monoisotopic (exact) mass is 434 g/mol. The molecule has 1 aromatic carbocycles. The van der Waals surface area contributed by atoms with E-state index in [2.05, 4.69) is 20.4 Å². The van der Waals surface area contributed by atoms with Crippen LogP contribution in [0.1, 0.15) is 24.5 Å². The number of carbonyl (C=O) groups excluding carboxylic acids is 1. The van der Waals surface area contributed by atoms with Crippen molar-refractivity contribution in [1.82, 2.24) is 20.4 Å². The van der Waals surface area contributed by atoms with Crippen LogP contribution in [0, 0.1) is 5.92 Å². The molecule has 1 aliphatic heterocycles. The zero-order chi connectivity index (χ0) is 20.2. The van der Waals surface area contributed by atoms with Crippen molar-refractivity contribution in [2.75, 3.05) is 13.1 Å². The molecule has 1 atom stereocenters. The van der Waals surface area contributed by atoms with Crippen LogP contribution in [-0.4, -0.2) is 34.0 Å². The Bertz CT molecular complexity index is 974. The number of aromatic nitrogens is 2. The number of hydrogen-bond acceptors (Lipinski definition) is 6. The Labute approximate surface area is 178 Å². The molecule has 1 aliphatic rings. The van der Waals surface area contributed by atoms with Crippen molar-refractivity contribution in [3.8, 4) is 11.4 Å². The summed E-state index contributed by atoms with van der Waals surface area (Å²) < 4.78 is 10.6. The van der Waals surface area contributed by atoms with Crippen molar-refractivity contribution < 1.29 is 13.7 Å². The second-order valence-electron chi connectivity index (χ2n) is 7.01. The van der Waals surface area contributed by atoms with Crippen LogP contribution in [0.5, 0.6) is 0 Å². The fraction of sp³-hybridized carbons (Fsp3) is 0.350. The summed E-state index contributed by atoms with van der Waals surface area (Å²) in [6.45, 7) is 2.40. The van der Waals surface area contributed by atoms with Gasteiger partial charge in [-0.15, -0.1) is 0 Å². The number of likely N-dealkylation sites (tertiary alicyclic amines) is 1. The Morgan fingerprint density at radius 1 is 1.31 bits per heavy atom. The van der Waals surface area contributed by atoms with Crippen LogP contribution < -0.4 is 5.32 Å². The van der Waals surface area contributed by atoms with Gasteiger partial charge >= 0.3 is 0 Å². The Morgan fingerprint density at radius 3 is 3.00 bits per heavy atom. The van der Waals surface area contributed by atoms with Gasteiger partial charge in [0.25, 0.3) is 0 Å². The summed E-state index contributed by atoms with van der Waals surface area (Å²) in [4.78, 5) is 19.1. The smallest absolute Gasteiger partial charge is 0.241 e. The molecule has 29 heavy (non-hydrogen) atoms. The third-order valence-electron chi connectivity index (χ3n) is 4.89. The number of carbonyl (C=O) groups is 1. The first-order valence-corrected chi connectivity index (χ1v) is 10.1. The van der Waals surface area contributed by atoms with Gasteiger partial charge in [-0.25, -0.2) is 0 Å². The molecule has 1 fully saturated rings. The van der Waals surface area contributed by atoms with Gasteiger partial charge in [0.05, 0.1) is 30.3 Å². The molecule has 1 N–H and O–H groups in total. The molecular formula is C20H20Cl2N4O3. The number of rotatable bonds is 6. The van der Waals surface area contributed by atoms with Crippen molar-refractivity contribution in [1.29, 1.82) is 0 Å². The van der Waals surface area contributed by atoms with Crippen LogP contribution in [0.2, 0.25) is 10.0 Å². The summed E-state index contributed by atoms with van der Waals surface area (Å²) in [6, 6.07) is 8.78. The molecule has 0 aliphatic carbocycles. The predicted molar refractivity (Wildman–Crippen MR) is 108 cm³/mol. The van der Waals surface area contributed by atoms with E-state index in [9.17, 15) is 4.79 Å². The number of nitrogens with one attached hydrogen (secondary N) is 1. The van der Waals surface area contributed by atoms with E-state index in [1.54, 1.807) is 30.5 Å². The van der Waals surface area contributed by atoms with Gasteiger partial charge in [0.15, 0.2) is 0 Å². The predicted octanol–water partition coefficient (Wildman–Crippen LogP) is 4.16. The first kappa shape index (κ1) is 19.9. The van der Waals surface area contributed by atoms with E-state index < -0.39 is 0 Å². The van der Waals surface area contributed by atoms with Crippen LogP contribution in [0.3, 0.4) is 0 Å². The van der Waals surface area contributed by atoms with E-state index in [-0.39, 0.29) is 11.8 Å². The third-order valence-corrected chi connectivity index (χ3v) is 5.44. The highest BCUT2D eigenvalue weighted by molar-refractivity contribution is 6.36. The summed E-state index contributed by atoms with van der Waals surface area (Å²) >= 11 is 12.2. The van der Waals surface area contributed by atoms with E-state index >= 15 is 0 Å². The lowest BCUT2D eigenvalue weighted by atomic mass is 9.97. The fourth-order valence-electron chi connectivity index (χ4n) is 3.44. The molecule has 0 radical (unpaired) electrons. The van der Waals surface area contributed by atoms with Gasteiger partial charge in [0, 0.05) is 17.1 Å². The molecule has 1 amide bonds. The van der Waals surface area contributed by atoms with E-state index in [0.717, 1.165) is 25.1 Å². The van der Waals surface area contributed by atoms with Gasteiger partial charge in [0.1, 0.15) is 5.76 Å². The number of halogens is 2.